The zero-order chi connectivity index (χ0) is 19.7. The molecule has 1 unspecified atom stereocenters. The van der Waals surface area contributed by atoms with E-state index in [0.29, 0.717) is 17.1 Å². The Morgan fingerprint density at radius 3 is 2.57 bits per heavy atom. The highest BCUT2D eigenvalue weighted by Gasteiger charge is 2.46. The minimum absolute atomic E-state index is 0.0733. The van der Waals surface area contributed by atoms with Gasteiger partial charge in [-0.3, -0.25) is 9.59 Å². The van der Waals surface area contributed by atoms with Gasteiger partial charge in [-0.25, -0.2) is 0 Å². The molecule has 0 aliphatic carbocycles. The molecule has 1 aromatic carbocycles. The average Bonchev–Trinajstić information content (AvgIpc) is 3.46. The molecule has 0 bridgehead atoms. The van der Waals surface area contributed by atoms with Crippen LogP contribution in [0.3, 0.4) is 0 Å². The van der Waals surface area contributed by atoms with Gasteiger partial charge in [-0.1, -0.05) is 6.07 Å². The topological polar surface area (TPSA) is 80.0 Å². The predicted molar refractivity (Wildman–Crippen MR) is 104 cm³/mol. The van der Waals surface area contributed by atoms with E-state index in [1.54, 1.807) is 43.5 Å². The fourth-order valence-corrected chi connectivity index (χ4v) is 4.11. The molecular formula is C21H17NO5S. The number of thiophene rings is 1. The summed E-state index contributed by atoms with van der Waals surface area (Å²) >= 11 is 1.42. The van der Waals surface area contributed by atoms with E-state index in [-0.39, 0.29) is 17.9 Å². The normalized spacial score (nSPS) is 18.6. The zero-order valence-electron chi connectivity index (χ0n) is 15.0. The van der Waals surface area contributed by atoms with Crippen LogP contribution in [-0.2, 0) is 16.1 Å². The van der Waals surface area contributed by atoms with Crippen molar-refractivity contribution in [3.63, 3.8) is 0 Å². The third-order valence-corrected chi connectivity index (χ3v) is 5.55. The number of carbonyl (C=O) groups excluding carboxylic acids is 2. The summed E-state index contributed by atoms with van der Waals surface area (Å²) in [7, 11) is 1.55. The minimum Gasteiger partial charge on any atom is -0.507 e. The SMILES string of the molecule is COc1ccc(/C(O)=C2\C(=O)C(=O)N(Cc3ccco3)C2c2cccs2)cc1. The molecule has 1 fully saturated rings. The Balaban J connectivity index is 1.81. The number of benzene rings is 1. The number of aliphatic hydroxyl groups is 1. The van der Waals surface area contributed by atoms with Crippen LogP contribution in [0.1, 0.15) is 22.2 Å². The van der Waals surface area contributed by atoms with Gasteiger partial charge in [-0.2, -0.15) is 0 Å². The van der Waals surface area contributed by atoms with Gasteiger partial charge in [-0.15, -0.1) is 11.3 Å². The highest BCUT2D eigenvalue weighted by atomic mass is 32.1. The lowest BCUT2D eigenvalue weighted by Gasteiger charge is -2.23. The number of amides is 1. The third kappa shape index (κ3) is 3.10. The van der Waals surface area contributed by atoms with Crippen LogP contribution in [0.15, 0.2) is 70.2 Å². The van der Waals surface area contributed by atoms with Crippen molar-refractivity contribution >= 4 is 28.8 Å². The van der Waals surface area contributed by atoms with E-state index in [9.17, 15) is 14.7 Å². The maximum absolute atomic E-state index is 12.8. The van der Waals surface area contributed by atoms with Gasteiger partial charge >= 0.3 is 0 Å². The van der Waals surface area contributed by atoms with Gasteiger partial charge in [-0.05, 0) is 47.8 Å². The van der Waals surface area contributed by atoms with Crippen molar-refractivity contribution < 1.29 is 23.8 Å². The zero-order valence-corrected chi connectivity index (χ0v) is 15.8. The summed E-state index contributed by atoms with van der Waals surface area (Å²) in [5.74, 6) is -0.387. The molecule has 1 atom stereocenters. The van der Waals surface area contributed by atoms with Crippen molar-refractivity contribution in [2.45, 2.75) is 12.6 Å². The maximum Gasteiger partial charge on any atom is 0.296 e. The van der Waals surface area contributed by atoms with Gasteiger partial charge < -0.3 is 19.2 Å². The molecule has 2 aromatic heterocycles. The second-order valence-corrected chi connectivity index (χ2v) is 7.23. The Morgan fingerprint density at radius 1 is 1.18 bits per heavy atom. The number of aliphatic hydroxyl groups excluding tert-OH is 1. The molecule has 1 amide bonds. The highest BCUT2D eigenvalue weighted by Crippen LogP contribution is 2.41. The molecular weight excluding hydrogens is 378 g/mol. The molecule has 6 nitrogen and oxygen atoms in total. The molecule has 3 aromatic rings. The van der Waals surface area contributed by atoms with Crippen molar-refractivity contribution in [1.82, 2.24) is 4.90 Å². The fraction of sp³-hybridized carbons (Fsp3) is 0.143. The molecule has 0 saturated carbocycles. The first-order valence-electron chi connectivity index (χ1n) is 8.58. The Hall–Kier alpha value is -3.32. The lowest BCUT2D eigenvalue weighted by atomic mass is 10.00. The van der Waals surface area contributed by atoms with Crippen LogP contribution in [0.2, 0.25) is 0 Å². The number of furan rings is 1. The number of carbonyl (C=O) groups is 2. The summed E-state index contributed by atoms with van der Waals surface area (Å²) < 4.78 is 10.5. The number of likely N-dealkylation sites (tertiary alicyclic amines) is 1. The molecule has 0 spiro atoms. The summed E-state index contributed by atoms with van der Waals surface area (Å²) in [6, 6.07) is 13.2. The smallest absolute Gasteiger partial charge is 0.296 e. The first kappa shape index (κ1) is 18.1. The molecule has 0 radical (unpaired) electrons. The monoisotopic (exact) mass is 395 g/mol. The number of hydrogen-bond acceptors (Lipinski definition) is 6. The number of ketones is 1. The molecule has 1 N–H and O–H groups in total. The second-order valence-electron chi connectivity index (χ2n) is 6.25. The van der Waals surface area contributed by atoms with Crippen LogP contribution in [0.4, 0.5) is 0 Å². The van der Waals surface area contributed by atoms with E-state index < -0.39 is 17.7 Å². The number of hydrogen-bond donors (Lipinski definition) is 1. The predicted octanol–water partition coefficient (Wildman–Crippen LogP) is 3.97. The van der Waals surface area contributed by atoms with Gasteiger partial charge in [0.15, 0.2) is 0 Å². The first-order chi connectivity index (χ1) is 13.6. The van der Waals surface area contributed by atoms with Crippen LogP contribution in [0.25, 0.3) is 5.76 Å². The summed E-state index contributed by atoms with van der Waals surface area (Å²) in [4.78, 5) is 27.8. The highest BCUT2D eigenvalue weighted by molar-refractivity contribution is 7.10. The molecule has 1 aliphatic rings. The van der Waals surface area contributed by atoms with E-state index >= 15 is 0 Å². The Morgan fingerprint density at radius 2 is 1.96 bits per heavy atom. The number of nitrogens with zero attached hydrogens (tertiary/aromatic N) is 1. The van der Waals surface area contributed by atoms with Gasteiger partial charge in [0.25, 0.3) is 11.7 Å². The third-order valence-electron chi connectivity index (χ3n) is 4.62. The number of methoxy groups -OCH3 is 1. The summed E-state index contributed by atoms with van der Waals surface area (Å²) in [6.07, 6.45) is 1.52. The Labute approximate surface area is 165 Å². The number of Topliss-reactive ketones (excluding diaryl/α,β-unsaturated/α-hetero) is 1. The Kier molecular flexibility index (Phi) is 4.75. The maximum atomic E-state index is 12.8. The molecule has 142 valence electrons. The van der Waals surface area contributed by atoms with Crippen LogP contribution in [0, 0.1) is 0 Å². The van der Waals surface area contributed by atoms with Crippen molar-refractivity contribution in [1.29, 1.82) is 0 Å². The van der Waals surface area contributed by atoms with Gasteiger partial charge in [0.05, 0.1) is 25.5 Å². The number of rotatable bonds is 5. The molecule has 28 heavy (non-hydrogen) atoms. The first-order valence-corrected chi connectivity index (χ1v) is 9.46. The van der Waals surface area contributed by atoms with Gasteiger partial charge in [0, 0.05) is 10.4 Å². The van der Waals surface area contributed by atoms with Crippen molar-refractivity contribution in [3.05, 3.63) is 81.9 Å². The van der Waals surface area contributed by atoms with E-state index in [2.05, 4.69) is 0 Å². The largest absolute Gasteiger partial charge is 0.507 e. The van der Waals surface area contributed by atoms with Crippen LogP contribution < -0.4 is 4.74 Å². The lowest BCUT2D eigenvalue weighted by molar-refractivity contribution is -0.140. The molecule has 4 rings (SSSR count). The Bertz CT molecular complexity index is 1020. The van der Waals surface area contributed by atoms with Crippen LogP contribution in [0.5, 0.6) is 5.75 Å². The second kappa shape index (κ2) is 7.36. The van der Waals surface area contributed by atoms with Crippen LogP contribution in [-0.4, -0.2) is 28.8 Å². The van der Waals surface area contributed by atoms with Gasteiger partial charge in [0.1, 0.15) is 23.3 Å². The van der Waals surface area contributed by atoms with Crippen molar-refractivity contribution in [2.24, 2.45) is 0 Å². The van der Waals surface area contributed by atoms with E-state index in [0.717, 1.165) is 4.88 Å². The quantitative estimate of drug-likeness (QED) is 0.402. The lowest BCUT2D eigenvalue weighted by Crippen LogP contribution is -2.28. The summed E-state index contributed by atoms with van der Waals surface area (Å²) in [5.41, 5.74) is 0.516. The molecule has 1 aliphatic heterocycles. The summed E-state index contributed by atoms with van der Waals surface area (Å²) in [5, 5.41) is 12.8. The number of ether oxygens (including phenoxy) is 1. The van der Waals surface area contributed by atoms with E-state index in [4.69, 9.17) is 9.15 Å². The molecule has 1 saturated heterocycles. The molecule has 3 heterocycles. The standard InChI is InChI=1S/C21H17NO5S/c1-26-14-8-6-13(7-9-14)19(23)17-18(16-5-3-11-28-16)22(21(25)20(17)24)12-15-4-2-10-27-15/h2-11,18,23H,12H2,1H3/b19-17+. The molecule has 7 heteroatoms. The fourth-order valence-electron chi connectivity index (χ4n) is 3.26. The van der Waals surface area contributed by atoms with Crippen LogP contribution >= 0.6 is 11.3 Å². The van der Waals surface area contributed by atoms with Gasteiger partial charge in [0.2, 0.25) is 0 Å². The average molecular weight is 395 g/mol. The van der Waals surface area contributed by atoms with Crippen molar-refractivity contribution in [3.8, 4) is 5.75 Å². The van der Waals surface area contributed by atoms with E-state index in [1.807, 2.05) is 17.5 Å². The van der Waals surface area contributed by atoms with E-state index in [1.165, 1.54) is 22.5 Å². The minimum atomic E-state index is -0.710. The summed E-state index contributed by atoms with van der Waals surface area (Å²) in [6.45, 7) is 0.138. The van der Waals surface area contributed by atoms with Crippen molar-refractivity contribution in [2.75, 3.05) is 7.11 Å².